The molecule has 0 aromatic carbocycles. The molecule has 1 atom stereocenters. The number of nitrogens with one attached hydrogen (secondary N) is 2. The second kappa shape index (κ2) is 10.9. The van der Waals surface area contributed by atoms with Gasteiger partial charge in [0.1, 0.15) is 0 Å². The molecule has 4 nitrogen and oxygen atoms in total. The third kappa shape index (κ3) is 6.05. The molecule has 2 N–H and O–H groups in total. The van der Waals surface area contributed by atoms with Crippen molar-refractivity contribution in [2.45, 2.75) is 56.6 Å². The maximum atomic E-state index is 4.82. The van der Waals surface area contributed by atoms with Gasteiger partial charge in [-0.15, -0.1) is 35.3 Å². The number of aromatic nitrogens is 1. The molecule has 0 bridgehead atoms. The number of nitrogens with zero attached hydrogens (tertiary/aromatic N) is 2. The molecule has 1 unspecified atom stereocenters. The summed E-state index contributed by atoms with van der Waals surface area (Å²) in [7, 11) is 1.85. The third-order valence-corrected chi connectivity index (χ3v) is 7.11. The van der Waals surface area contributed by atoms with E-state index in [1.807, 2.05) is 18.4 Å². The Hall–Kier alpha value is -0.0200. The molecule has 7 heteroatoms. The van der Waals surface area contributed by atoms with Crippen LogP contribution < -0.4 is 10.6 Å². The summed E-state index contributed by atoms with van der Waals surface area (Å²) in [5.41, 5.74) is 1.38. The highest BCUT2D eigenvalue weighted by Gasteiger charge is 2.16. The molecular weight excluding hydrogens is 451 g/mol. The fourth-order valence-corrected chi connectivity index (χ4v) is 5.60. The number of aliphatic imine (C=N–C) groups is 1. The Morgan fingerprint density at radius 3 is 2.88 bits per heavy atom. The minimum Gasteiger partial charge on any atom is -0.356 e. The molecule has 1 aromatic rings. The van der Waals surface area contributed by atoms with E-state index >= 15 is 0 Å². The molecule has 1 aliphatic carbocycles. The Labute approximate surface area is 171 Å². The summed E-state index contributed by atoms with van der Waals surface area (Å²) in [6.45, 7) is 1.99. The summed E-state index contributed by atoms with van der Waals surface area (Å²) >= 11 is 4.02. The number of hydrogen-bond donors (Lipinski definition) is 2. The highest BCUT2D eigenvalue weighted by atomic mass is 127. The average molecular weight is 480 g/mol. The van der Waals surface area contributed by atoms with E-state index < -0.39 is 0 Å². The maximum Gasteiger partial charge on any atom is 0.191 e. The number of halogens is 1. The molecule has 1 fully saturated rings. The number of guanidine groups is 1. The summed E-state index contributed by atoms with van der Waals surface area (Å²) < 4.78 is 0. The quantitative estimate of drug-likeness (QED) is 0.283. The van der Waals surface area contributed by atoms with Gasteiger partial charge in [-0.05, 0) is 50.7 Å². The van der Waals surface area contributed by atoms with Crippen molar-refractivity contribution in [3.8, 4) is 0 Å². The van der Waals surface area contributed by atoms with Gasteiger partial charge < -0.3 is 10.6 Å². The summed E-state index contributed by atoms with van der Waals surface area (Å²) in [5.74, 6) is 2.26. The van der Waals surface area contributed by atoms with Crippen LogP contribution in [0.25, 0.3) is 0 Å². The Kier molecular flexibility index (Phi) is 9.18. The molecule has 1 aliphatic heterocycles. The second-order valence-electron chi connectivity index (χ2n) is 6.30. The van der Waals surface area contributed by atoms with E-state index in [1.165, 1.54) is 55.0 Å². The van der Waals surface area contributed by atoms with Gasteiger partial charge in [-0.25, -0.2) is 4.98 Å². The lowest BCUT2D eigenvalue weighted by atomic mass is 10.0. The van der Waals surface area contributed by atoms with Crippen LogP contribution in [0.4, 0.5) is 0 Å². The van der Waals surface area contributed by atoms with Crippen molar-refractivity contribution in [2.24, 2.45) is 4.99 Å². The fourth-order valence-electron chi connectivity index (χ4n) is 3.20. The van der Waals surface area contributed by atoms with Crippen LogP contribution in [0.15, 0.2) is 4.99 Å². The Bertz CT molecular complexity index is 503. The van der Waals surface area contributed by atoms with Gasteiger partial charge in [0, 0.05) is 36.7 Å². The van der Waals surface area contributed by atoms with Gasteiger partial charge in [-0.1, -0.05) is 0 Å². The first-order valence-electron chi connectivity index (χ1n) is 8.88. The predicted octanol–water partition coefficient (Wildman–Crippen LogP) is 3.63. The molecule has 0 radical (unpaired) electrons. The van der Waals surface area contributed by atoms with Gasteiger partial charge in [-0.2, -0.15) is 11.8 Å². The lowest BCUT2D eigenvalue weighted by molar-refractivity contribution is 0.677. The van der Waals surface area contributed by atoms with E-state index in [2.05, 4.69) is 27.4 Å². The largest absolute Gasteiger partial charge is 0.356 e. The van der Waals surface area contributed by atoms with E-state index in [1.54, 1.807) is 4.88 Å². The number of thioether (sulfide) groups is 1. The number of fused-ring (bicyclic) bond motifs is 1. The summed E-state index contributed by atoms with van der Waals surface area (Å²) in [5, 5.41) is 8.97. The Balaban J connectivity index is 0.00000208. The molecule has 24 heavy (non-hydrogen) atoms. The highest BCUT2D eigenvalue weighted by Crippen LogP contribution is 2.27. The minimum absolute atomic E-state index is 0. The van der Waals surface area contributed by atoms with Gasteiger partial charge in [0.05, 0.1) is 10.7 Å². The zero-order chi connectivity index (χ0) is 15.9. The topological polar surface area (TPSA) is 49.3 Å². The molecule has 0 saturated carbocycles. The van der Waals surface area contributed by atoms with Crippen LogP contribution in [0.3, 0.4) is 0 Å². The first-order valence-corrected chi connectivity index (χ1v) is 10.8. The third-order valence-electron chi connectivity index (χ3n) is 4.49. The van der Waals surface area contributed by atoms with E-state index in [0.29, 0.717) is 0 Å². The Morgan fingerprint density at radius 2 is 2.12 bits per heavy atom. The number of hydrogen-bond acceptors (Lipinski definition) is 4. The van der Waals surface area contributed by atoms with E-state index in [0.717, 1.165) is 37.1 Å². The van der Waals surface area contributed by atoms with Crippen LogP contribution in [-0.2, 0) is 19.3 Å². The van der Waals surface area contributed by atoms with Crippen LogP contribution in [0.2, 0.25) is 0 Å². The lowest BCUT2D eigenvalue weighted by Gasteiger charge is -2.14. The van der Waals surface area contributed by atoms with Crippen molar-refractivity contribution < 1.29 is 0 Å². The van der Waals surface area contributed by atoms with Gasteiger partial charge in [0.2, 0.25) is 0 Å². The smallest absolute Gasteiger partial charge is 0.191 e. The monoisotopic (exact) mass is 480 g/mol. The second-order valence-corrected chi connectivity index (χ2v) is 8.88. The molecule has 0 spiro atoms. The van der Waals surface area contributed by atoms with Crippen molar-refractivity contribution >= 4 is 53.0 Å². The van der Waals surface area contributed by atoms with Gasteiger partial charge in [0.15, 0.2) is 5.96 Å². The highest BCUT2D eigenvalue weighted by molar-refractivity contribution is 14.0. The summed E-state index contributed by atoms with van der Waals surface area (Å²) in [4.78, 5) is 10.7. The van der Waals surface area contributed by atoms with Crippen LogP contribution in [0, 0.1) is 0 Å². The minimum atomic E-state index is 0. The molecular formula is C17H29IN4S2. The van der Waals surface area contributed by atoms with Gasteiger partial charge in [0.25, 0.3) is 0 Å². The lowest BCUT2D eigenvalue weighted by Crippen LogP contribution is -2.40. The molecule has 2 heterocycles. The van der Waals surface area contributed by atoms with Crippen LogP contribution in [0.1, 0.15) is 47.7 Å². The molecule has 2 aliphatic rings. The standard InChI is InChI=1S/C17H28N4S2.HI/c1-18-17(20-12-13-6-5-11-22-13)19-10-4-9-16-21-14-7-2-3-8-15(14)23-16;/h13H,2-12H2,1H3,(H2,18,19,20);1H. The van der Waals surface area contributed by atoms with Crippen LogP contribution in [-0.4, -0.2) is 42.1 Å². The van der Waals surface area contributed by atoms with Crippen molar-refractivity contribution in [2.75, 3.05) is 25.9 Å². The normalized spacial score (nSPS) is 20.4. The average Bonchev–Trinajstić information content (AvgIpc) is 3.23. The number of thiazole rings is 1. The first-order chi connectivity index (χ1) is 11.3. The van der Waals surface area contributed by atoms with E-state index in [4.69, 9.17) is 4.98 Å². The zero-order valence-electron chi connectivity index (χ0n) is 14.5. The molecule has 136 valence electrons. The first kappa shape index (κ1) is 20.3. The van der Waals surface area contributed by atoms with Crippen LogP contribution in [0.5, 0.6) is 0 Å². The van der Waals surface area contributed by atoms with Crippen LogP contribution >= 0.6 is 47.1 Å². The SMILES string of the molecule is CN=C(NCCCc1nc2c(s1)CCCC2)NCC1CCCS1.I. The number of rotatable bonds is 6. The van der Waals surface area contributed by atoms with Crippen molar-refractivity contribution in [1.29, 1.82) is 0 Å². The summed E-state index contributed by atoms with van der Waals surface area (Å²) in [6, 6.07) is 0. The fraction of sp³-hybridized carbons (Fsp3) is 0.765. The summed E-state index contributed by atoms with van der Waals surface area (Å²) in [6.07, 6.45) is 10.0. The molecule has 3 rings (SSSR count). The maximum absolute atomic E-state index is 4.82. The molecule has 1 saturated heterocycles. The van der Waals surface area contributed by atoms with Crippen molar-refractivity contribution in [1.82, 2.24) is 15.6 Å². The predicted molar refractivity (Wildman–Crippen MR) is 117 cm³/mol. The zero-order valence-corrected chi connectivity index (χ0v) is 18.4. The molecule has 0 amide bonds. The molecule has 1 aromatic heterocycles. The van der Waals surface area contributed by atoms with Gasteiger partial charge >= 0.3 is 0 Å². The van der Waals surface area contributed by atoms with E-state index in [-0.39, 0.29) is 24.0 Å². The van der Waals surface area contributed by atoms with Gasteiger partial charge in [-0.3, -0.25) is 4.99 Å². The number of aryl methyl sites for hydroxylation is 3. The Morgan fingerprint density at radius 1 is 1.25 bits per heavy atom. The van der Waals surface area contributed by atoms with E-state index in [9.17, 15) is 0 Å². The van der Waals surface area contributed by atoms with Crippen molar-refractivity contribution in [3.05, 3.63) is 15.6 Å². The van der Waals surface area contributed by atoms with Crippen molar-refractivity contribution in [3.63, 3.8) is 0 Å².